The highest BCUT2D eigenvalue weighted by atomic mass is 32.2. The maximum Gasteiger partial charge on any atom is 0.289 e. The number of rotatable bonds is 5. The van der Waals surface area contributed by atoms with Crippen molar-refractivity contribution in [1.82, 2.24) is 14.5 Å². The van der Waals surface area contributed by atoms with E-state index in [1.54, 1.807) is 41.3 Å². The third kappa shape index (κ3) is 4.55. The molecule has 1 saturated carbocycles. The van der Waals surface area contributed by atoms with E-state index in [1.165, 1.54) is 6.26 Å². The molecule has 0 spiro atoms. The predicted octanol–water partition coefficient (Wildman–Crippen LogP) is 2.33. The second-order valence-electron chi connectivity index (χ2n) is 7.70. The van der Waals surface area contributed by atoms with E-state index in [2.05, 4.69) is 9.62 Å². The third-order valence-electron chi connectivity index (χ3n) is 5.89. The zero-order valence-electron chi connectivity index (χ0n) is 16.4. The minimum Gasteiger partial charge on any atom is -0.459 e. The van der Waals surface area contributed by atoms with Gasteiger partial charge in [-0.05, 0) is 37.1 Å². The first-order valence-corrected chi connectivity index (χ1v) is 11.7. The van der Waals surface area contributed by atoms with Gasteiger partial charge in [-0.25, -0.2) is 13.1 Å². The molecule has 156 valence electrons. The van der Waals surface area contributed by atoms with E-state index in [9.17, 15) is 13.2 Å². The molecule has 2 heterocycles. The molecule has 8 heteroatoms. The predicted molar refractivity (Wildman–Crippen MR) is 109 cm³/mol. The van der Waals surface area contributed by atoms with E-state index in [0.29, 0.717) is 23.7 Å². The highest BCUT2D eigenvalue weighted by Crippen LogP contribution is 2.26. The number of piperazine rings is 1. The Bertz CT molecular complexity index is 907. The number of hydrogen-bond donors (Lipinski definition) is 1. The first kappa shape index (κ1) is 20.1. The van der Waals surface area contributed by atoms with Crippen molar-refractivity contribution in [2.45, 2.75) is 42.7 Å². The molecule has 29 heavy (non-hydrogen) atoms. The second kappa shape index (κ2) is 8.69. The van der Waals surface area contributed by atoms with Gasteiger partial charge < -0.3 is 9.32 Å². The fraction of sp³-hybridized carbons (Fsp3) is 0.476. The molecule has 0 unspecified atom stereocenters. The lowest BCUT2D eigenvalue weighted by molar-refractivity contribution is 0.0455. The summed E-state index contributed by atoms with van der Waals surface area (Å²) in [6.45, 7) is 2.71. The molecule has 1 saturated heterocycles. The largest absolute Gasteiger partial charge is 0.459 e. The van der Waals surface area contributed by atoms with E-state index in [1.807, 2.05) is 6.07 Å². The molecule has 1 aliphatic heterocycles. The number of sulfonamides is 1. The van der Waals surface area contributed by atoms with Crippen LogP contribution in [0.4, 0.5) is 0 Å². The standard InChI is InChI=1S/C21H27N3O4S/c25-21(20-11-6-16-28-20)24-14-12-23(13-15-24)19-10-5-4-9-18(19)22-29(26,27)17-7-2-1-3-8-17/h1-3,6-8,11,16,18-19,22H,4-5,9-10,12-15H2/t18-,19-/m0/s1. The quantitative estimate of drug-likeness (QED) is 0.807. The topological polar surface area (TPSA) is 82.9 Å². The molecule has 2 aromatic rings. The highest BCUT2D eigenvalue weighted by Gasteiger charge is 2.35. The SMILES string of the molecule is O=C(c1ccco1)N1CCN([C@H]2CCCC[C@@H]2NS(=O)(=O)c2ccccc2)CC1. The Morgan fingerprint density at radius 3 is 2.38 bits per heavy atom. The van der Waals surface area contributed by atoms with Crippen LogP contribution in [0.2, 0.25) is 0 Å². The lowest BCUT2D eigenvalue weighted by atomic mass is 9.89. The summed E-state index contributed by atoms with van der Waals surface area (Å²) >= 11 is 0. The van der Waals surface area contributed by atoms with Crippen LogP contribution in [0.15, 0.2) is 58.0 Å². The average molecular weight is 418 g/mol. The summed E-state index contributed by atoms with van der Waals surface area (Å²) in [5, 5.41) is 0. The number of furan rings is 1. The lowest BCUT2D eigenvalue weighted by Gasteiger charge is -2.44. The maximum absolute atomic E-state index is 12.8. The van der Waals surface area contributed by atoms with Gasteiger partial charge in [0.2, 0.25) is 10.0 Å². The van der Waals surface area contributed by atoms with Gasteiger partial charge in [0.05, 0.1) is 11.2 Å². The van der Waals surface area contributed by atoms with E-state index >= 15 is 0 Å². The fourth-order valence-corrected chi connectivity index (χ4v) is 5.69. The van der Waals surface area contributed by atoms with Gasteiger partial charge in [-0.2, -0.15) is 0 Å². The van der Waals surface area contributed by atoms with Crippen molar-refractivity contribution in [2.75, 3.05) is 26.2 Å². The summed E-state index contributed by atoms with van der Waals surface area (Å²) in [7, 11) is -3.54. The van der Waals surface area contributed by atoms with Crippen LogP contribution in [0, 0.1) is 0 Å². The van der Waals surface area contributed by atoms with Gasteiger partial charge in [-0.15, -0.1) is 0 Å². The van der Waals surface area contributed by atoms with Crippen LogP contribution >= 0.6 is 0 Å². The monoisotopic (exact) mass is 417 g/mol. The molecular weight excluding hydrogens is 390 g/mol. The van der Waals surface area contributed by atoms with Crippen molar-refractivity contribution >= 4 is 15.9 Å². The minimum absolute atomic E-state index is 0.0837. The Kier molecular flexibility index (Phi) is 6.03. The van der Waals surface area contributed by atoms with Crippen molar-refractivity contribution in [3.05, 3.63) is 54.5 Å². The molecule has 4 rings (SSSR count). The summed E-state index contributed by atoms with van der Waals surface area (Å²) in [6.07, 6.45) is 5.43. The van der Waals surface area contributed by atoms with Crippen molar-refractivity contribution < 1.29 is 17.6 Å². The Labute approximate surface area is 171 Å². The molecular formula is C21H27N3O4S. The fourth-order valence-electron chi connectivity index (χ4n) is 4.37. The van der Waals surface area contributed by atoms with Crippen LogP contribution in [0.5, 0.6) is 0 Å². The van der Waals surface area contributed by atoms with Crippen LogP contribution in [-0.2, 0) is 10.0 Å². The normalized spacial score (nSPS) is 23.8. The van der Waals surface area contributed by atoms with Gasteiger partial charge in [0.1, 0.15) is 0 Å². The third-order valence-corrected chi connectivity index (χ3v) is 7.40. The number of amides is 1. The summed E-state index contributed by atoms with van der Waals surface area (Å²) in [4.78, 5) is 16.9. The summed E-state index contributed by atoms with van der Waals surface area (Å²) < 4.78 is 33.8. The Morgan fingerprint density at radius 2 is 1.69 bits per heavy atom. The molecule has 1 N–H and O–H groups in total. The van der Waals surface area contributed by atoms with Crippen LogP contribution in [-0.4, -0.2) is 62.4 Å². The van der Waals surface area contributed by atoms with E-state index in [4.69, 9.17) is 4.42 Å². The second-order valence-corrected chi connectivity index (χ2v) is 9.41. The van der Waals surface area contributed by atoms with Crippen LogP contribution < -0.4 is 4.72 Å². The molecule has 7 nitrogen and oxygen atoms in total. The summed E-state index contributed by atoms with van der Waals surface area (Å²) in [6, 6.07) is 12.0. The van der Waals surface area contributed by atoms with Crippen molar-refractivity contribution in [3.8, 4) is 0 Å². The zero-order chi connectivity index (χ0) is 20.3. The first-order chi connectivity index (χ1) is 14.0. The van der Waals surface area contributed by atoms with Crippen LogP contribution in [0.3, 0.4) is 0 Å². The van der Waals surface area contributed by atoms with Gasteiger partial charge in [-0.3, -0.25) is 9.69 Å². The summed E-state index contributed by atoms with van der Waals surface area (Å²) in [5.41, 5.74) is 0. The molecule has 1 aromatic carbocycles. The number of hydrogen-bond acceptors (Lipinski definition) is 5. The van der Waals surface area contributed by atoms with Crippen molar-refractivity contribution in [2.24, 2.45) is 0 Å². The molecule has 2 fully saturated rings. The van der Waals surface area contributed by atoms with Crippen LogP contribution in [0.1, 0.15) is 36.2 Å². The molecule has 0 radical (unpaired) electrons. The number of nitrogens with zero attached hydrogens (tertiary/aromatic N) is 2. The summed E-state index contributed by atoms with van der Waals surface area (Å²) in [5.74, 6) is 0.282. The Balaban J connectivity index is 1.40. The van der Waals surface area contributed by atoms with Gasteiger partial charge in [0, 0.05) is 38.3 Å². The van der Waals surface area contributed by atoms with E-state index in [0.717, 1.165) is 38.8 Å². The molecule has 2 atom stereocenters. The average Bonchev–Trinajstić information content (AvgIpc) is 3.29. The zero-order valence-corrected chi connectivity index (χ0v) is 17.2. The molecule has 1 aromatic heterocycles. The number of benzene rings is 1. The first-order valence-electron chi connectivity index (χ1n) is 10.2. The number of carbonyl (C=O) groups is 1. The van der Waals surface area contributed by atoms with Crippen molar-refractivity contribution in [1.29, 1.82) is 0 Å². The maximum atomic E-state index is 12.8. The molecule has 0 bridgehead atoms. The smallest absolute Gasteiger partial charge is 0.289 e. The lowest BCUT2D eigenvalue weighted by Crippen LogP contribution is -2.58. The molecule has 1 aliphatic carbocycles. The van der Waals surface area contributed by atoms with E-state index < -0.39 is 10.0 Å². The number of carbonyl (C=O) groups excluding carboxylic acids is 1. The Morgan fingerprint density at radius 1 is 0.966 bits per heavy atom. The van der Waals surface area contributed by atoms with Gasteiger partial charge in [-0.1, -0.05) is 31.0 Å². The van der Waals surface area contributed by atoms with Gasteiger partial charge in [0.25, 0.3) is 5.91 Å². The minimum atomic E-state index is -3.54. The highest BCUT2D eigenvalue weighted by molar-refractivity contribution is 7.89. The molecule has 1 amide bonds. The van der Waals surface area contributed by atoms with E-state index in [-0.39, 0.29) is 18.0 Å². The molecule has 2 aliphatic rings. The Hall–Kier alpha value is -2.16. The van der Waals surface area contributed by atoms with Crippen molar-refractivity contribution in [3.63, 3.8) is 0 Å². The number of nitrogens with one attached hydrogen (secondary N) is 1. The van der Waals surface area contributed by atoms with Gasteiger partial charge in [0.15, 0.2) is 5.76 Å². The van der Waals surface area contributed by atoms with Crippen LogP contribution in [0.25, 0.3) is 0 Å². The van der Waals surface area contributed by atoms with Gasteiger partial charge >= 0.3 is 0 Å².